The minimum absolute atomic E-state index is 0.0519. The molecule has 21 heavy (non-hydrogen) atoms. The van der Waals surface area contributed by atoms with E-state index < -0.39 is 0 Å². The van der Waals surface area contributed by atoms with E-state index in [9.17, 15) is 4.79 Å². The number of hydrogen-bond donors (Lipinski definition) is 2. The maximum atomic E-state index is 11.9. The lowest BCUT2D eigenvalue weighted by Gasteiger charge is -2.19. The third-order valence-electron chi connectivity index (χ3n) is 4.14. The van der Waals surface area contributed by atoms with Crippen molar-refractivity contribution < 1.29 is 4.79 Å². The van der Waals surface area contributed by atoms with Gasteiger partial charge in [0.25, 0.3) is 0 Å². The zero-order valence-electron chi connectivity index (χ0n) is 14.0. The summed E-state index contributed by atoms with van der Waals surface area (Å²) in [6.07, 6.45) is 18.0. The van der Waals surface area contributed by atoms with E-state index >= 15 is 0 Å². The summed E-state index contributed by atoms with van der Waals surface area (Å²) in [6, 6.07) is 0.292. The van der Waals surface area contributed by atoms with Crippen LogP contribution in [-0.2, 0) is 0 Å². The molecule has 0 aromatic heterocycles. The van der Waals surface area contributed by atoms with Gasteiger partial charge in [0.15, 0.2) is 0 Å². The largest absolute Gasteiger partial charge is 0.335 e. The maximum absolute atomic E-state index is 11.9. The molecule has 1 fully saturated rings. The zero-order chi connectivity index (χ0) is 15.3. The van der Waals surface area contributed by atoms with Crippen LogP contribution in [-0.4, -0.2) is 12.1 Å². The maximum Gasteiger partial charge on any atom is 0.318 e. The summed E-state index contributed by atoms with van der Waals surface area (Å²) < 4.78 is 0. The summed E-state index contributed by atoms with van der Waals surface area (Å²) in [6.45, 7) is 4.20. The lowest BCUT2D eigenvalue weighted by atomic mass is 9.98. The van der Waals surface area contributed by atoms with Crippen molar-refractivity contribution in [2.45, 2.75) is 90.5 Å². The quantitative estimate of drug-likeness (QED) is 0.744. The molecule has 122 valence electrons. The van der Waals surface area contributed by atoms with Gasteiger partial charge >= 0.3 is 6.03 Å². The fourth-order valence-electron chi connectivity index (χ4n) is 2.85. The molecule has 3 heteroatoms. The first-order valence-electron chi connectivity index (χ1n) is 8.92. The summed E-state index contributed by atoms with van der Waals surface area (Å²) in [4.78, 5) is 11.9. The molecule has 0 atom stereocenters. The Morgan fingerprint density at radius 1 is 0.905 bits per heavy atom. The monoisotopic (exact) mass is 294 g/mol. The molecule has 1 aliphatic rings. The van der Waals surface area contributed by atoms with Crippen LogP contribution in [0.5, 0.6) is 0 Å². The second-order valence-electron chi connectivity index (χ2n) is 6.68. The third kappa shape index (κ3) is 10.4. The van der Waals surface area contributed by atoms with Crippen molar-refractivity contribution in [1.29, 1.82) is 0 Å². The molecule has 2 amide bonds. The van der Waals surface area contributed by atoms with Crippen LogP contribution in [0.1, 0.15) is 84.5 Å². The summed E-state index contributed by atoms with van der Waals surface area (Å²) in [5.41, 5.74) is 0. The molecular weight excluding hydrogens is 260 g/mol. The zero-order valence-corrected chi connectivity index (χ0v) is 14.0. The van der Waals surface area contributed by atoms with Crippen LogP contribution >= 0.6 is 0 Å². The van der Waals surface area contributed by atoms with E-state index in [2.05, 4.69) is 24.5 Å². The van der Waals surface area contributed by atoms with Crippen LogP contribution in [0.3, 0.4) is 0 Å². The molecule has 2 N–H and O–H groups in total. The number of rotatable bonds is 3. The Balaban J connectivity index is 2.31. The normalized spacial score (nSPS) is 20.0. The number of nitrogens with one attached hydrogen (secondary N) is 2. The van der Waals surface area contributed by atoms with Crippen LogP contribution in [0.2, 0.25) is 0 Å². The van der Waals surface area contributed by atoms with E-state index in [0.29, 0.717) is 12.0 Å². The summed E-state index contributed by atoms with van der Waals surface area (Å²) in [5.74, 6) is 0.464. The molecule has 0 radical (unpaired) electrons. The van der Waals surface area contributed by atoms with Crippen LogP contribution < -0.4 is 10.6 Å². The van der Waals surface area contributed by atoms with Gasteiger partial charge in [-0.15, -0.1) is 0 Å². The van der Waals surface area contributed by atoms with Gasteiger partial charge in [-0.05, 0) is 18.8 Å². The average Bonchev–Trinajstić information content (AvgIpc) is 2.41. The van der Waals surface area contributed by atoms with Gasteiger partial charge in [-0.3, -0.25) is 0 Å². The highest BCUT2D eigenvalue weighted by atomic mass is 16.2. The minimum Gasteiger partial charge on any atom is -0.335 e. The van der Waals surface area contributed by atoms with Crippen LogP contribution in [0.15, 0.2) is 12.3 Å². The van der Waals surface area contributed by atoms with Crippen molar-refractivity contribution in [3.05, 3.63) is 12.3 Å². The van der Waals surface area contributed by atoms with Gasteiger partial charge in [0.1, 0.15) is 0 Å². The van der Waals surface area contributed by atoms with Crippen molar-refractivity contribution in [2.75, 3.05) is 0 Å². The highest BCUT2D eigenvalue weighted by molar-refractivity contribution is 5.75. The highest BCUT2D eigenvalue weighted by Gasteiger charge is 2.11. The molecule has 0 heterocycles. The van der Waals surface area contributed by atoms with Gasteiger partial charge in [-0.1, -0.05) is 77.7 Å². The molecule has 0 spiro atoms. The second kappa shape index (κ2) is 11.6. The average molecular weight is 294 g/mol. The van der Waals surface area contributed by atoms with Crippen LogP contribution in [0.25, 0.3) is 0 Å². The van der Waals surface area contributed by atoms with Crippen molar-refractivity contribution in [1.82, 2.24) is 10.6 Å². The number of hydrogen-bond acceptors (Lipinski definition) is 1. The number of urea groups is 1. The summed E-state index contributed by atoms with van der Waals surface area (Å²) in [7, 11) is 0. The number of allylic oxidation sites excluding steroid dienone is 1. The Morgan fingerprint density at radius 3 is 1.86 bits per heavy atom. The Morgan fingerprint density at radius 2 is 1.38 bits per heavy atom. The molecule has 1 aliphatic carbocycles. The van der Waals surface area contributed by atoms with E-state index in [1.54, 1.807) is 6.20 Å². The van der Waals surface area contributed by atoms with E-state index in [1.807, 2.05) is 6.08 Å². The number of carbonyl (C=O) groups is 1. The van der Waals surface area contributed by atoms with Gasteiger partial charge in [0, 0.05) is 12.2 Å². The Kier molecular flexibility index (Phi) is 10.0. The van der Waals surface area contributed by atoms with E-state index in [4.69, 9.17) is 0 Å². The molecule has 0 saturated heterocycles. The molecule has 0 bridgehead atoms. The fourth-order valence-corrected chi connectivity index (χ4v) is 2.85. The lowest BCUT2D eigenvalue weighted by molar-refractivity contribution is 0.237. The second-order valence-corrected chi connectivity index (χ2v) is 6.68. The molecule has 3 nitrogen and oxygen atoms in total. The Bertz CT molecular complexity index is 288. The van der Waals surface area contributed by atoms with Crippen molar-refractivity contribution in [2.24, 2.45) is 5.92 Å². The predicted octanol–water partition coefficient (Wildman–Crippen LogP) is 5.13. The first kappa shape index (κ1) is 18.1. The molecule has 0 aromatic rings. The van der Waals surface area contributed by atoms with E-state index in [-0.39, 0.29) is 6.03 Å². The molecule has 0 aliphatic heterocycles. The molecule has 0 unspecified atom stereocenters. The lowest BCUT2D eigenvalue weighted by Crippen LogP contribution is -2.40. The molecule has 0 aromatic carbocycles. The fraction of sp³-hybridized carbons (Fsp3) is 0.833. The van der Waals surface area contributed by atoms with Crippen molar-refractivity contribution in [3.8, 4) is 0 Å². The SMILES string of the molecule is CC(C)/C=C/NC(=O)NC1CCCCCCCCCCC1. The van der Waals surface area contributed by atoms with Gasteiger partial charge in [-0.2, -0.15) is 0 Å². The topological polar surface area (TPSA) is 41.1 Å². The van der Waals surface area contributed by atoms with Crippen molar-refractivity contribution in [3.63, 3.8) is 0 Å². The van der Waals surface area contributed by atoms with E-state index in [1.165, 1.54) is 57.8 Å². The Hall–Kier alpha value is -0.990. The molecule has 1 rings (SSSR count). The molecular formula is C18H34N2O. The standard InChI is InChI=1S/C18H34N2O/c1-16(2)14-15-19-18(21)20-17-12-10-8-6-4-3-5-7-9-11-13-17/h14-17H,3-13H2,1-2H3,(H2,19,20,21)/b15-14+. The first-order valence-corrected chi connectivity index (χ1v) is 8.92. The summed E-state index contributed by atoms with van der Waals surface area (Å²) in [5, 5.41) is 5.96. The third-order valence-corrected chi connectivity index (χ3v) is 4.14. The number of carbonyl (C=O) groups excluding carboxylic acids is 1. The summed E-state index contributed by atoms with van der Waals surface area (Å²) >= 11 is 0. The van der Waals surface area contributed by atoms with Gasteiger partial charge in [-0.25, -0.2) is 4.79 Å². The van der Waals surface area contributed by atoms with Gasteiger partial charge < -0.3 is 10.6 Å². The van der Waals surface area contributed by atoms with Crippen molar-refractivity contribution >= 4 is 6.03 Å². The van der Waals surface area contributed by atoms with Crippen LogP contribution in [0, 0.1) is 5.92 Å². The smallest absolute Gasteiger partial charge is 0.318 e. The molecule has 1 saturated carbocycles. The van der Waals surface area contributed by atoms with Gasteiger partial charge in [0.2, 0.25) is 0 Å². The Labute approximate surface area is 131 Å². The van der Waals surface area contributed by atoms with E-state index in [0.717, 1.165) is 12.8 Å². The first-order chi connectivity index (χ1) is 10.2. The predicted molar refractivity (Wildman–Crippen MR) is 90.2 cm³/mol. The number of amides is 2. The van der Waals surface area contributed by atoms with Crippen LogP contribution in [0.4, 0.5) is 4.79 Å². The minimum atomic E-state index is -0.0519. The van der Waals surface area contributed by atoms with Gasteiger partial charge in [0.05, 0.1) is 0 Å². The highest BCUT2D eigenvalue weighted by Crippen LogP contribution is 2.16.